The maximum absolute atomic E-state index is 13.4. The van der Waals surface area contributed by atoms with Crippen molar-refractivity contribution < 1.29 is 78.9 Å². The summed E-state index contributed by atoms with van der Waals surface area (Å²) in [6, 6.07) is 2.27. The molecule has 16 nitrogen and oxygen atoms in total. The number of aliphatic hydroxyl groups excluding tert-OH is 6. The first-order chi connectivity index (χ1) is 30.2. The summed E-state index contributed by atoms with van der Waals surface area (Å²) < 4.78 is 34.8. The topological polar surface area (TPSA) is 251 Å². The average molecular weight is 887 g/mol. The minimum absolute atomic E-state index is 0.107. The normalized spacial score (nSPS) is 30.0. The summed E-state index contributed by atoms with van der Waals surface area (Å²) in [6.07, 6.45) is 8.36. The number of hydrogen-bond acceptors (Lipinski definition) is 16. The average Bonchev–Trinajstić information content (AvgIpc) is 3.63. The third-order valence-corrected chi connectivity index (χ3v) is 11.3. The molecule has 0 bridgehead atoms. The first kappa shape index (κ1) is 51.4. The molecule has 350 valence electrons. The van der Waals surface area contributed by atoms with E-state index in [9.17, 15) is 50.4 Å². The number of esters is 2. The molecule has 12 unspecified atom stereocenters. The van der Waals surface area contributed by atoms with E-state index in [0.29, 0.717) is 5.92 Å². The molecule has 3 aliphatic rings. The predicted molar refractivity (Wildman–Crippen MR) is 230 cm³/mol. The van der Waals surface area contributed by atoms with E-state index in [1.165, 1.54) is 24.3 Å². The summed E-state index contributed by atoms with van der Waals surface area (Å²) in [5.74, 6) is -4.26. The van der Waals surface area contributed by atoms with E-state index in [1.807, 2.05) is 25.2 Å². The summed E-state index contributed by atoms with van der Waals surface area (Å²) in [5.41, 5.74) is 0.867. The van der Waals surface area contributed by atoms with Gasteiger partial charge in [-0.15, -0.1) is 0 Å². The lowest BCUT2D eigenvalue weighted by atomic mass is 9.86. The van der Waals surface area contributed by atoms with Crippen molar-refractivity contribution in [2.24, 2.45) is 5.92 Å². The van der Waals surface area contributed by atoms with Crippen LogP contribution in [0.4, 0.5) is 0 Å². The minimum Gasteiger partial charge on any atom is -0.508 e. The number of ether oxygens (including phenoxy) is 6. The van der Waals surface area contributed by atoms with Gasteiger partial charge in [0.05, 0.1) is 24.9 Å². The van der Waals surface area contributed by atoms with E-state index in [1.54, 1.807) is 12.2 Å². The number of phenols is 2. The smallest absolute Gasteiger partial charge is 0.331 e. The van der Waals surface area contributed by atoms with Crippen molar-refractivity contribution in [1.82, 2.24) is 0 Å². The van der Waals surface area contributed by atoms with Crippen molar-refractivity contribution in [3.8, 4) is 11.5 Å². The van der Waals surface area contributed by atoms with Gasteiger partial charge in [-0.05, 0) is 62.1 Å². The van der Waals surface area contributed by atoms with Gasteiger partial charge < -0.3 is 69.3 Å². The van der Waals surface area contributed by atoms with E-state index in [-0.39, 0.29) is 29.9 Å². The molecule has 1 spiro atoms. The molecule has 16 heteroatoms. The van der Waals surface area contributed by atoms with Crippen molar-refractivity contribution >= 4 is 11.9 Å². The molecule has 3 aliphatic heterocycles. The van der Waals surface area contributed by atoms with Crippen LogP contribution in [-0.2, 0) is 50.4 Å². The first-order valence-electron chi connectivity index (χ1n) is 21.7. The van der Waals surface area contributed by atoms with Gasteiger partial charge in [0.2, 0.25) is 5.79 Å². The molecule has 8 N–H and O–H groups in total. The third kappa shape index (κ3) is 14.1. The van der Waals surface area contributed by atoms with Crippen molar-refractivity contribution in [1.29, 1.82) is 0 Å². The number of carbonyl (C=O) groups excluding carboxylic acids is 2. The molecule has 0 radical (unpaired) electrons. The van der Waals surface area contributed by atoms with Crippen molar-refractivity contribution in [3.63, 3.8) is 0 Å². The molecule has 3 heterocycles. The molecule has 0 aliphatic carbocycles. The van der Waals surface area contributed by atoms with Crippen LogP contribution in [0.5, 0.6) is 11.5 Å². The zero-order valence-corrected chi connectivity index (χ0v) is 36.5. The van der Waals surface area contributed by atoms with Gasteiger partial charge >= 0.3 is 11.9 Å². The highest BCUT2D eigenvalue weighted by atomic mass is 16.8. The van der Waals surface area contributed by atoms with Crippen LogP contribution in [0.1, 0.15) is 90.2 Å². The fourth-order valence-electron chi connectivity index (χ4n) is 7.32. The summed E-state index contributed by atoms with van der Waals surface area (Å²) in [6.45, 7) is 6.54. The van der Waals surface area contributed by atoms with Gasteiger partial charge in [-0.2, -0.15) is 0 Å². The lowest BCUT2D eigenvalue weighted by Gasteiger charge is -2.50. The SMILES string of the molecule is CCCCC/C=C/C=C/C(=O)OCC1OC(OC2C(CO)OC3(OCc4cc(O)cc(O)c43)C(O)C2OC(=O)/C=C/C=C/CC(O)/C(C)=C/C=C/CCC(C)CC)C(O)C(O)C1O. The monoisotopic (exact) mass is 886 g/mol. The molecular formula is C47H66O16. The molecule has 1 aromatic carbocycles. The van der Waals surface area contributed by atoms with Gasteiger partial charge in [-0.25, -0.2) is 9.59 Å². The van der Waals surface area contributed by atoms with Crippen LogP contribution in [0.2, 0.25) is 0 Å². The highest BCUT2D eigenvalue weighted by molar-refractivity contribution is 5.82. The largest absolute Gasteiger partial charge is 0.508 e. The Hall–Kier alpha value is -4.20. The summed E-state index contributed by atoms with van der Waals surface area (Å²) >= 11 is 0. The van der Waals surface area contributed by atoms with Crippen LogP contribution in [0, 0.1) is 5.92 Å². The zero-order chi connectivity index (χ0) is 46.1. The van der Waals surface area contributed by atoms with E-state index >= 15 is 0 Å². The van der Waals surface area contributed by atoms with Gasteiger partial charge in [0.15, 0.2) is 18.5 Å². The number of benzene rings is 1. The van der Waals surface area contributed by atoms with Crippen LogP contribution in [0.3, 0.4) is 0 Å². The van der Waals surface area contributed by atoms with E-state index in [0.717, 1.165) is 68.7 Å². The second kappa shape index (κ2) is 25.3. The molecule has 63 heavy (non-hydrogen) atoms. The number of carbonyl (C=O) groups is 2. The summed E-state index contributed by atoms with van der Waals surface area (Å²) in [5, 5.41) is 86.7. The Bertz CT molecular complexity index is 1800. The number of unbranched alkanes of at least 4 members (excludes halogenated alkanes) is 3. The lowest BCUT2D eigenvalue weighted by molar-refractivity contribution is -0.395. The van der Waals surface area contributed by atoms with Gasteiger partial charge in [0.25, 0.3) is 0 Å². The number of fused-ring (bicyclic) bond motifs is 2. The van der Waals surface area contributed by atoms with Gasteiger partial charge in [-0.3, -0.25) is 0 Å². The Morgan fingerprint density at radius 1 is 0.889 bits per heavy atom. The third-order valence-electron chi connectivity index (χ3n) is 11.3. The predicted octanol–water partition coefficient (Wildman–Crippen LogP) is 4.07. The highest BCUT2D eigenvalue weighted by Crippen LogP contribution is 2.51. The number of aromatic hydroxyl groups is 2. The second-order valence-electron chi connectivity index (χ2n) is 16.1. The summed E-state index contributed by atoms with van der Waals surface area (Å²) in [4.78, 5) is 25.8. The fraction of sp³-hybridized carbons (Fsp3) is 0.574. The maximum atomic E-state index is 13.4. The molecule has 12 atom stereocenters. The van der Waals surface area contributed by atoms with Crippen LogP contribution >= 0.6 is 0 Å². The zero-order valence-electron chi connectivity index (χ0n) is 36.5. The van der Waals surface area contributed by atoms with Crippen LogP contribution in [-0.4, -0.2) is 127 Å². The number of phenolic OH excluding ortho intramolecular Hbond substituents is 2. The van der Waals surface area contributed by atoms with Gasteiger partial charge in [0, 0.05) is 18.2 Å². The van der Waals surface area contributed by atoms with Crippen molar-refractivity contribution in [2.75, 3.05) is 13.2 Å². The Kier molecular flexibility index (Phi) is 20.7. The number of allylic oxidation sites excluding steroid dienone is 8. The highest BCUT2D eigenvalue weighted by Gasteiger charge is 2.63. The quantitative estimate of drug-likeness (QED) is 0.0354. The molecule has 0 aromatic heterocycles. The molecule has 1 aromatic rings. The molecular weight excluding hydrogens is 821 g/mol. The van der Waals surface area contributed by atoms with Crippen molar-refractivity contribution in [2.45, 2.75) is 153 Å². The first-order valence-corrected chi connectivity index (χ1v) is 21.7. The second-order valence-corrected chi connectivity index (χ2v) is 16.1. The van der Waals surface area contributed by atoms with Crippen LogP contribution in [0.15, 0.2) is 84.5 Å². The van der Waals surface area contributed by atoms with E-state index in [2.05, 4.69) is 26.8 Å². The van der Waals surface area contributed by atoms with Crippen LogP contribution < -0.4 is 0 Å². The maximum Gasteiger partial charge on any atom is 0.331 e. The number of rotatable bonds is 22. The Labute approximate surface area is 369 Å². The van der Waals surface area contributed by atoms with Crippen molar-refractivity contribution in [3.05, 3.63) is 95.7 Å². The van der Waals surface area contributed by atoms with E-state index < -0.39 is 97.9 Å². The number of hydrogen-bond donors (Lipinski definition) is 8. The van der Waals surface area contributed by atoms with E-state index in [4.69, 9.17) is 28.4 Å². The van der Waals surface area contributed by atoms with Gasteiger partial charge in [0.1, 0.15) is 54.7 Å². The molecule has 2 saturated heterocycles. The Morgan fingerprint density at radius 2 is 1.60 bits per heavy atom. The molecule has 4 rings (SSSR count). The fourth-order valence-corrected chi connectivity index (χ4v) is 7.32. The molecule has 0 amide bonds. The lowest BCUT2D eigenvalue weighted by Crippen LogP contribution is -2.67. The number of aliphatic hydroxyl groups is 6. The van der Waals surface area contributed by atoms with Crippen LogP contribution in [0.25, 0.3) is 0 Å². The Balaban J connectivity index is 1.50. The standard InChI is InChI=1S/C47H66O16/c1-5-7-8-9-10-11-17-22-37(52)58-28-36-40(54)41(55)42(56)46(60-36)62-43-35(26-48)63-47(39-31(27-59-47)24-32(49)25-34(39)51)45(57)44(43)61-38(53)23-18-13-16-21-33(50)30(4)20-15-12-14-19-29(3)6-2/h10-13,15-18,20,22-25,29,33,35-36,40-46,48-51,54-57H,5-9,14,19,21,26-28H2,1-4H3/b11-10+,15-12+,16-13+,22-17+,23-18+,30-20+. The molecule has 0 saturated carbocycles. The molecule has 2 fully saturated rings. The Morgan fingerprint density at radius 3 is 2.32 bits per heavy atom. The van der Waals surface area contributed by atoms with Gasteiger partial charge in [-0.1, -0.05) is 94.7 Å². The summed E-state index contributed by atoms with van der Waals surface area (Å²) in [7, 11) is 0. The minimum atomic E-state index is -2.27.